The van der Waals surface area contributed by atoms with Crippen LogP contribution in [-0.2, 0) is 28.0 Å². The molecule has 0 spiro atoms. The van der Waals surface area contributed by atoms with Crippen molar-refractivity contribution in [2.45, 2.75) is 91.3 Å². The largest absolute Gasteiger partial charge is 0.352 e. The first-order chi connectivity index (χ1) is 16.0. The highest BCUT2D eigenvalue weighted by atomic mass is 35.5. The summed E-state index contributed by atoms with van der Waals surface area (Å²) < 4.78 is 0. The fourth-order valence-corrected chi connectivity index (χ4v) is 4.23. The monoisotopic (exact) mass is 504 g/mol. The summed E-state index contributed by atoms with van der Waals surface area (Å²) in [6.07, 6.45) is 2.26. The van der Waals surface area contributed by atoms with Crippen molar-refractivity contribution in [1.29, 1.82) is 0 Å². The van der Waals surface area contributed by atoms with Crippen molar-refractivity contribution in [3.8, 4) is 0 Å². The van der Waals surface area contributed by atoms with Crippen molar-refractivity contribution in [3.63, 3.8) is 0 Å². The van der Waals surface area contributed by atoms with Gasteiger partial charge >= 0.3 is 0 Å². The van der Waals surface area contributed by atoms with Gasteiger partial charge in [-0.3, -0.25) is 9.59 Å². The highest BCUT2D eigenvalue weighted by molar-refractivity contribution is 6.35. The molecule has 1 N–H and O–H groups in total. The van der Waals surface area contributed by atoms with Crippen LogP contribution in [0.25, 0.3) is 0 Å². The van der Waals surface area contributed by atoms with Crippen molar-refractivity contribution < 1.29 is 9.59 Å². The molecule has 0 heterocycles. The van der Waals surface area contributed by atoms with Gasteiger partial charge in [0, 0.05) is 29.1 Å². The smallest absolute Gasteiger partial charge is 0.243 e. The maximum absolute atomic E-state index is 13.5. The molecule has 0 aliphatic rings. The summed E-state index contributed by atoms with van der Waals surface area (Å²) in [6, 6.07) is 13.1. The van der Waals surface area contributed by atoms with Gasteiger partial charge in [0.25, 0.3) is 0 Å². The minimum absolute atomic E-state index is 0.0407. The van der Waals surface area contributed by atoms with Gasteiger partial charge in [0.05, 0.1) is 0 Å². The summed E-state index contributed by atoms with van der Waals surface area (Å²) in [7, 11) is 0. The number of hydrogen-bond acceptors (Lipinski definition) is 2. The predicted octanol–water partition coefficient (Wildman–Crippen LogP) is 6.95. The zero-order chi connectivity index (χ0) is 25.5. The van der Waals surface area contributed by atoms with E-state index in [0.717, 1.165) is 17.5 Å². The standard InChI is InChI=1S/C28H38Cl2N2O2/c1-7-19(3)31-27(34)25(8-2)32(18-21-12-15-23(29)17-24(21)30)26(33)16-11-20-9-13-22(14-10-20)28(4,5)6/h9-10,12-15,17,19,25H,7-8,11,16,18H2,1-6H3,(H,31,34)/t19-,25+/m1/s1. The van der Waals surface area contributed by atoms with Gasteiger partial charge in [-0.1, -0.05) is 88.2 Å². The molecule has 0 aliphatic carbocycles. The molecule has 0 bridgehead atoms. The van der Waals surface area contributed by atoms with Crippen molar-refractivity contribution in [2.24, 2.45) is 0 Å². The quantitative estimate of drug-likeness (QED) is 0.380. The summed E-state index contributed by atoms with van der Waals surface area (Å²) in [6.45, 7) is 12.7. The molecule has 2 rings (SSSR count). The van der Waals surface area contributed by atoms with Gasteiger partial charge in [0.2, 0.25) is 11.8 Å². The lowest BCUT2D eigenvalue weighted by molar-refractivity contribution is -0.141. The molecule has 0 aliphatic heterocycles. The third-order valence-electron chi connectivity index (χ3n) is 6.19. The molecule has 0 aromatic heterocycles. The van der Waals surface area contributed by atoms with Crippen LogP contribution in [0.5, 0.6) is 0 Å². The zero-order valence-corrected chi connectivity index (χ0v) is 22.8. The van der Waals surface area contributed by atoms with E-state index in [-0.39, 0.29) is 29.8 Å². The van der Waals surface area contributed by atoms with Crippen LogP contribution < -0.4 is 5.32 Å². The van der Waals surface area contributed by atoms with Crippen LogP contribution in [0.3, 0.4) is 0 Å². The van der Waals surface area contributed by atoms with Crippen molar-refractivity contribution in [1.82, 2.24) is 10.2 Å². The van der Waals surface area contributed by atoms with Gasteiger partial charge in [-0.2, -0.15) is 0 Å². The second-order valence-electron chi connectivity index (χ2n) is 9.95. The molecule has 4 nitrogen and oxygen atoms in total. The normalized spacial score (nSPS) is 13.3. The number of amides is 2. The Hall–Kier alpha value is -2.04. The first-order valence-electron chi connectivity index (χ1n) is 12.1. The Morgan fingerprint density at radius 3 is 2.18 bits per heavy atom. The Kier molecular flexibility index (Phi) is 10.5. The number of rotatable bonds is 10. The van der Waals surface area contributed by atoms with Crippen LogP contribution in [0.2, 0.25) is 10.0 Å². The fraction of sp³-hybridized carbons (Fsp3) is 0.500. The molecule has 0 radical (unpaired) electrons. The number of nitrogens with zero attached hydrogens (tertiary/aromatic N) is 1. The van der Waals surface area contributed by atoms with Crippen molar-refractivity contribution in [2.75, 3.05) is 0 Å². The first-order valence-corrected chi connectivity index (χ1v) is 12.8. The number of carbonyl (C=O) groups is 2. The highest BCUT2D eigenvalue weighted by Gasteiger charge is 2.29. The summed E-state index contributed by atoms with van der Waals surface area (Å²) in [5, 5.41) is 4.05. The topological polar surface area (TPSA) is 49.4 Å². The molecule has 2 aromatic carbocycles. The van der Waals surface area contributed by atoms with Gasteiger partial charge in [-0.05, 0) is 60.4 Å². The van der Waals surface area contributed by atoms with E-state index < -0.39 is 6.04 Å². The Bertz CT molecular complexity index is 967. The minimum Gasteiger partial charge on any atom is -0.352 e. The molecular formula is C28H38Cl2N2O2. The van der Waals surface area contributed by atoms with Crippen LogP contribution in [0.15, 0.2) is 42.5 Å². The Balaban J connectivity index is 2.24. The van der Waals surface area contributed by atoms with Gasteiger partial charge < -0.3 is 10.2 Å². The van der Waals surface area contributed by atoms with Crippen LogP contribution in [-0.4, -0.2) is 28.8 Å². The molecule has 2 amide bonds. The summed E-state index contributed by atoms with van der Waals surface area (Å²) in [5.74, 6) is -0.207. The molecular weight excluding hydrogens is 467 g/mol. The Morgan fingerprint density at radius 2 is 1.65 bits per heavy atom. The Morgan fingerprint density at radius 1 is 1.00 bits per heavy atom. The van der Waals surface area contributed by atoms with E-state index in [0.29, 0.717) is 29.3 Å². The molecule has 6 heteroatoms. The third kappa shape index (κ3) is 8.02. The molecule has 0 saturated carbocycles. The maximum atomic E-state index is 13.5. The lowest BCUT2D eigenvalue weighted by Gasteiger charge is -2.32. The number of halogens is 2. The third-order valence-corrected chi connectivity index (χ3v) is 6.78. The number of nitrogens with one attached hydrogen (secondary N) is 1. The molecule has 0 unspecified atom stereocenters. The van der Waals surface area contributed by atoms with Gasteiger partial charge in [-0.15, -0.1) is 0 Å². The van der Waals surface area contributed by atoms with Crippen LogP contribution >= 0.6 is 23.2 Å². The summed E-state index contributed by atoms with van der Waals surface area (Å²) >= 11 is 12.5. The van der Waals surface area contributed by atoms with Crippen LogP contribution in [0, 0.1) is 0 Å². The van der Waals surface area contributed by atoms with Crippen LogP contribution in [0.4, 0.5) is 0 Å². The number of benzene rings is 2. The average Bonchev–Trinajstić information content (AvgIpc) is 2.78. The molecule has 2 atom stereocenters. The SMILES string of the molecule is CC[C@@H](C)NC(=O)[C@H](CC)N(Cc1ccc(Cl)cc1Cl)C(=O)CCc1ccc(C(C)(C)C)cc1. The number of aryl methyl sites for hydroxylation is 1. The lowest BCUT2D eigenvalue weighted by atomic mass is 9.86. The highest BCUT2D eigenvalue weighted by Crippen LogP contribution is 2.25. The maximum Gasteiger partial charge on any atom is 0.243 e. The fourth-order valence-electron chi connectivity index (χ4n) is 3.76. The van der Waals surface area contributed by atoms with Crippen molar-refractivity contribution in [3.05, 3.63) is 69.2 Å². The Labute approximate surface area is 215 Å². The second kappa shape index (κ2) is 12.6. The molecule has 0 saturated heterocycles. The van der Waals surface area contributed by atoms with E-state index in [1.807, 2.05) is 26.8 Å². The summed E-state index contributed by atoms with van der Waals surface area (Å²) in [5.41, 5.74) is 3.21. The molecule has 186 valence electrons. The van der Waals surface area contributed by atoms with E-state index in [1.165, 1.54) is 5.56 Å². The number of hydrogen-bond donors (Lipinski definition) is 1. The van der Waals surface area contributed by atoms with E-state index in [2.05, 4.69) is 50.4 Å². The van der Waals surface area contributed by atoms with Crippen molar-refractivity contribution >= 4 is 35.0 Å². The van der Waals surface area contributed by atoms with E-state index in [1.54, 1.807) is 17.0 Å². The molecule has 2 aromatic rings. The van der Waals surface area contributed by atoms with Gasteiger partial charge in [-0.25, -0.2) is 0 Å². The lowest BCUT2D eigenvalue weighted by Crippen LogP contribution is -2.50. The second-order valence-corrected chi connectivity index (χ2v) is 10.8. The molecule has 0 fully saturated rings. The zero-order valence-electron chi connectivity index (χ0n) is 21.3. The van der Waals surface area contributed by atoms with Gasteiger partial charge in [0.1, 0.15) is 6.04 Å². The predicted molar refractivity (Wildman–Crippen MR) is 142 cm³/mol. The molecule has 34 heavy (non-hydrogen) atoms. The van der Waals surface area contributed by atoms with Crippen LogP contribution in [0.1, 0.15) is 77.5 Å². The van der Waals surface area contributed by atoms with Gasteiger partial charge in [0.15, 0.2) is 0 Å². The van der Waals surface area contributed by atoms with E-state index >= 15 is 0 Å². The average molecular weight is 506 g/mol. The summed E-state index contributed by atoms with van der Waals surface area (Å²) in [4.78, 5) is 28.2. The van der Waals surface area contributed by atoms with E-state index in [4.69, 9.17) is 23.2 Å². The van der Waals surface area contributed by atoms with E-state index in [9.17, 15) is 9.59 Å². The number of carbonyl (C=O) groups excluding carboxylic acids is 2. The minimum atomic E-state index is -0.573. The first kappa shape index (κ1) is 28.2.